The number of imidazole rings is 1. The largest absolute Gasteiger partial charge is 0.347 e. The van der Waals surface area contributed by atoms with E-state index in [1.165, 1.54) is 11.1 Å². The number of aromatic amines is 1. The molecule has 126 valence electrons. The van der Waals surface area contributed by atoms with Crippen molar-refractivity contribution in [2.24, 2.45) is 0 Å². The molecule has 4 aromatic rings. The SMILES string of the molecule is Cc1ccc(C(Sc2nc3cc(C)c(Br)cn3n2)c2ncc[nH]2)cc1. The molecule has 0 aliphatic heterocycles. The Kier molecular flexibility index (Phi) is 4.35. The molecular formula is C18H16BrN5S. The number of nitrogens with one attached hydrogen (secondary N) is 1. The number of thioether (sulfide) groups is 1. The van der Waals surface area contributed by atoms with Gasteiger partial charge < -0.3 is 4.98 Å². The maximum absolute atomic E-state index is 4.66. The maximum atomic E-state index is 4.66. The molecule has 1 atom stereocenters. The molecule has 0 radical (unpaired) electrons. The summed E-state index contributed by atoms with van der Waals surface area (Å²) in [5, 5.41) is 5.34. The van der Waals surface area contributed by atoms with Crippen molar-refractivity contribution in [2.75, 3.05) is 0 Å². The number of pyridine rings is 1. The minimum atomic E-state index is 0.0116. The van der Waals surface area contributed by atoms with Crippen molar-refractivity contribution in [1.82, 2.24) is 24.6 Å². The van der Waals surface area contributed by atoms with Crippen molar-refractivity contribution < 1.29 is 0 Å². The van der Waals surface area contributed by atoms with Gasteiger partial charge in [-0.05, 0) is 47.0 Å². The molecule has 0 aliphatic carbocycles. The number of nitrogens with zero attached hydrogens (tertiary/aromatic N) is 4. The summed E-state index contributed by atoms with van der Waals surface area (Å²) in [6.07, 6.45) is 5.55. The van der Waals surface area contributed by atoms with E-state index in [-0.39, 0.29) is 5.25 Å². The molecule has 0 saturated carbocycles. The summed E-state index contributed by atoms with van der Waals surface area (Å²) in [4.78, 5) is 12.3. The molecule has 0 bridgehead atoms. The van der Waals surface area contributed by atoms with Gasteiger partial charge in [0.2, 0.25) is 5.16 Å². The molecular weight excluding hydrogens is 398 g/mol. The van der Waals surface area contributed by atoms with Crippen LogP contribution in [0.25, 0.3) is 5.65 Å². The number of rotatable bonds is 4. The monoisotopic (exact) mass is 413 g/mol. The van der Waals surface area contributed by atoms with Gasteiger partial charge in [-0.15, -0.1) is 5.10 Å². The highest BCUT2D eigenvalue weighted by Crippen LogP contribution is 2.37. The van der Waals surface area contributed by atoms with Crippen LogP contribution in [0.5, 0.6) is 0 Å². The molecule has 0 fully saturated rings. The third kappa shape index (κ3) is 3.34. The van der Waals surface area contributed by atoms with E-state index in [0.717, 1.165) is 26.7 Å². The number of aryl methyl sites for hydroxylation is 2. The van der Waals surface area contributed by atoms with E-state index in [4.69, 9.17) is 0 Å². The lowest BCUT2D eigenvalue weighted by Gasteiger charge is -2.13. The average Bonchev–Trinajstić information content (AvgIpc) is 3.24. The van der Waals surface area contributed by atoms with Crippen LogP contribution in [0.1, 0.15) is 27.8 Å². The predicted octanol–water partition coefficient (Wildman–Crippen LogP) is 4.71. The van der Waals surface area contributed by atoms with E-state index >= 15 is 0 Å². The first-order chi connectivity index (χ1) is 12.1. The van der Waals surface area contributed by atoms with Gasteiger partial charge in [0.05, 0.1) is 5.25 Å². The van der Waals surface area contributed by atoms with Crippen LogP contribution < -0.4 is 0 Å². The quantitative estimate of drug-likeness (QED) is 0.492. The molecule has 0 amide bonds. The minimum Gasteiger partial charge on any atom is -0.347 e. The van der Waals surface area contributed by atoms with Crippen molar-refractivity contribution in [3.8, 4) is 0 Å². The van der Waals surface area contributed by atoms with Gasteiger partial charge in [-0.25, -0.2) is 14.5 Å². The van der Waals surface area contributed by atoms with Crippen LogP contribution in [0.3, 0.4) is 0 Å². The number of fused-ring (bicyclic) bond motifs is 1. The zero-order valence-electron chi connectivity index (χ0n) is 13.8. The van der Waals surface area contributed by atoms with Crippen molar-refractivity contribution >= 4 is 33.3 Å². The Morgan fingerprint density at radius 3 is 2.72 bits per heavy atom. The fraction of sp³-hybridized carbons (Fsp3) is 0.167. The second kappa shape index (κ2) is 6.65. The molecule has 0 saturated heterocycles. The van der Waals surface area contributed by atoms with Crippen molar-refractivity contribution in [3.63, 3.8) is 0 Å². The highest BCUT2D eigenvalue weighted by Gasteiger charge is 2.21. The second-order valence-corrected chi connectivity index (χ2v) is 7.81. The lowest BCUT2D eigenvalue weighted by Crippen LogP contribution is -2.00. The summed E-state index contributed by atoms with van der Waals surface area (Å²) in [5.74, 6) is 0.894. The van der Waals surface area contributed by atoms with Crippen molar-refractivity contribution in [1.29, 1.82) is 0 Å². The second-order valence-electron chi connectivity index (χ2n) is 5.88. The first kappa shape index (κ1) is 16.4. The van der Waals surface area contributed by atoms with Gasteiger partial charge in [-0.1, -0.05) is 41.6 Å². The Hall–Kier alpha value is -2.12. The van der Waals surface area contributed by atoms with E-state index in [0.29, 0.717) is 0 Å². The van der Waals surface area contributed by atoms with Gasteiger partial charge in [0.1, 0.15) is 5.82 Å². The van der Waals surface area contributed by atoms with Gasteiger partial charge in [0.15, 0.2) is 5.65 Å². The molecule has 0 spiro atoms. The lowest BCUT2D eigenvalue weighted by atomic mass is 10.1. The molecule has 0 aliphatic rings. The third-order valence-electron chi connectivity index (χ3n) is 3.97. The summed E-state index contributed by atoms with van der Waals surface area (Å²) in [6.45, 7) is 4.13. The molecule has 25 heavy (non-hydrogen) atoms. The number of hydrogen-bond donors (Lipinski definition) is 1. The number of H-pyrrole nitrogens is 1. The Labute approximate surface area is 158 Å². The average molecular weight is 414 g/mol. The molecule has 1 unspecified atom stereocenters. The van der Waals surface area contributed by atoms with Gasteiger partial charge >= 0.3 is 0 Å². The van der Waals surface area contributed by atoms with E-state index in [2.05, 4.69) is 67.2 Å². The number of benzene rings is 1. The van der Waals surface area contributed by atoms with Crippen LogP contribution in [0.15, 0.2) is 58.6 Å². The maximum Gasteiger partial charge on any atom is 0.210 e. The fourth-order valence-corrected chi connectivity index (χ4v) is 3.91. The van der Waals surface area contributed by atoms with Crippen LogP contribution in [0.2, 0.25) is 0 Å². The number of halogens is 1. The Bertz CT molecular complexity index is 969. The molecule has 3 heterocycles. The van der Waals surface area contributed by atoms with Gasteiger partial charge in [0.25, 0.3) is 0 Å². The van der Waals surface area contributed by atoms with Gasteiger partial charge in [-0.2, -0.15) is 0 Å². The smallest absolute Gasteiger partial charge is 0.210 e. The van der Waals surface area contributed by atoms with E-state index in [1.807, 2.05) is 25.4 Å². The Morgan fingerprint density at radius 1 is 1.20 bits per heavy atom. The van der Waals surface area contributed by atoms with Crippen LogP contribution in [-0.2, 0) is 0 Å². The Morgan fingerprint density at radius 2 is 2.00 bits per heavy atom. The fourth-order valence-electron chi connectivity index (χ4n) is 2.58. The number of aromatic nitrogens is 5. The molecule has 4 rings (SSSR count). The van der Waals surface area contributed by atoms with E-state index in [1.54, 1.807) is 22.5 Å². The van der Waals surface area contributed by atoms with Crippen LogP contribution in [0.4, 0.5) is 0 Å². The van der Waals surface area contributed by atoms with Gasteiger partial charge in [-0.3, -0.25) is 0 Å². The predicted molar refractivity (Wildman–Crippen MR) is 103 cm³/mol. The summed E-state index contributed by atoms with van der Waals surface area (Å²) < 4.78 is 2.82. The van der Waals surface area contributed by atoms with Crippen LogP contribution >= 0.6 is 27.7 Å². The molecule has 7 heteroatoms. The highest BCUT2D eigenvalue weighted by atomic mass is 79.9. The summed E-state index contributed by atoms with van der Waals surface area (Å²) in [5.41, 5.74) is 4.38. The van der Waals surface area contributed by atoms with Crippen molar-refractivity contribution in [2.45, 2.75) is 24.3 Å². The van der Waals surface area contributed by atoms with E-state index in [9.17, 15) is 0 Å². The van der Waals surface area contributed by atoms with Crippen molar-refractivity contribution in [3.05, 3.63) is 75.9 Å². The summed E-state index contributed by atoms with van der Waals surface area (Å²) in [6, 6.07) is 10.5. The molecule has 1 aromatic carbocycles. The molecule has 3 aromatic heterocycles. The lowest BCUT2D eigenvalue weighted by molar-refractivity contribution is 0.876. The first-order valence-electron chi connectivity index (χ1n) is 7.85. The molecule has 5 nitrogen and oxygen atoms in total. The van der Waals surface area contributed by atoms with E-state index < -0.39 is 0 Å². The van der Waals surface area contributed by atoms with Crippen LogP contribution in [0, 0.1) is 13.8 Å². The third-order valence-corrected chi connectivity index (χ3v) is 5.91. The first-order valence-corrected chi connectivity index (χ1v) is 9.52. The number of hydrogen-bond acceptors (Lipinski definition) is 4. The standard InChI is InChI=1S/C18H16BrN5S/c1-11-3-5-13(6-4-11)16(17-20-7-8-21-17)25-18-22-15-9-12(2)14(19)10-24(15)23-18/h3-10,16H,1-2H3,(H,20,21). The molecule has 1 N–H and O–H groups in total. The minimum absolute atomic E-state index is 0.0116. The highest BCUT2D eigenvalue weighted by molar-refractivity contribution is 9.10. The zero-order valence-corrected chi connectivity index (χ0v) is 16.2. The topological polar surface area (TPSA) is 58.9 Å². The summed E-state index contributed by atoms with van der Waals surface area (Å²) >= 11 is 5.13. The normalized spacial score (nSPS) is 12.6. The van der Waals surface area contributed by atoms with Crippen LogP contribution in [-0.4, -0.2) is 24.6 Å². The Balaban J connectivity index is 1.72. The summed E-state index contributed by atoms with van der Waals surface area (Å²) in [7, 11) is 0. The zero-order chi connectivity index (χ0) is 17.4. The van der Waals surface area contributed by atoms with Gasteiger partial charge in [0, 0.05) is 23.1 Å².